The van der Waals surface area contributed by atoms with Crippen molar-refractivity contribution in [1.29, 1.82) is 0 Å². The Balaban J connectivity index is 2.13. The van der Waals surface area contributed by atoms with Crippen LogP contribution in [0.4, 0.5) is 5.69 Å². The second kappa shape index (κ2) is 7.85. The molecule has 2 aromatic carbocycles. The predicted molar refractivity (Wildman–Crippen MR) is 91.3 cm³/mol. The number of rotatable bonds is 6. The molecule has 122 valence electrons. The van der Waals surface area contributed by atoms with Gasteiger partial charge in [0, 0.05) is 12.1 Å². The first-order valence-electron chi connectivity index (χ1n) is 7.07. The smallest absolute Gasteiger partial charge is 0.241 e. The molecule has 23 heavy (non-hydrogen) atoms. The van der Waals surface area contributed by atoms with Crippen LogP contribution in [0.1, 0.15) is 5.56 Å². The standard InChI is InChI=1S/C17H19ClN2O3/c1-22-15-10-14(16(23-2)9-12(15)18)20-17(21)13(19)8-11-6-4-3-5-7-11/h3-7,9-10,13H,8,19H2,1-2H3,(H,20,21)/t13-/m0/s1. The lowest BCUT2D eigenvalue weighted by atomic mass is 10.1. The van der Waals surface area contributed by atoms with Crippen molar-refractivity contribution in [2.45, 2.75) is 12.5 Å². The number of methoxy groups -OCH3 is 2. The average molecular weight is 335 g/mol. The Morgan fingerprint density at radius 2 is 1.83 bits per heavy atom. The van der Waals surface area contributed by atoms with E-state index < -0.39 is 6.04 Å². The summed E-state index contributed by atoms with van der Waals surface area (Å²) in [6.07, 6.45) is 0.444. The number of hydrogen-bond donors (Lipinski definition) is 2. The first-order valence-corrected chi connectivity index (χ1v) is 7.45. The molecule has 0 spiro atoms. The van der Waals surface area contributed by atoms with Gasteiger partial charge in [-0.15, -0.1) is 0 Å². The van der Waals surface area contributed by atoms with Gasteiger partial charge in [0.05, 0.1) is 31.0 Å². The van der Waals surface area contributed by atoms with E-state index in [0.29, 0.717) is 28.6 Å². The molecule has 0 unspecified atom stereocenters. The average Bonchev–Trinajstić information content (AvgIpc) is 2.56. The van der Waals surface area contributed by atoms with E-state index in [-0.39, 0.29) is 5.91 Å². The topological polar surface area (TPSA) is 73.6 Å². The van der Waals surface area contributed by atoms with E-state index in [4.69, 9.17) is 26.8 Å². The molecule has 3 N–H and O–H groups in total. The Kier molecular flexibility index (Phi) is 5.84. The van der Waals surface area contributed by atoms with Crippen LogP contribution in [0.5, 0.6) is 11.5 Å². The zero-order chi connectivity index (χ0) is 16.8. The first kappa shape index (κ1) is 17.1. The summed E-state index contributed by atoms with van der Waals surface area (Å²) in [6.45, 7) is 0. The van der Waals surface area contributed by atoms with E-state index >= 15 is 0 Å². The monoisotopic (exact) mass is 334 g/mol. The number of hydrogen-bond acceptors (Lipinski definition) is 4. The van der Waals surface area contributed by atoms with Crippen molar-refractivity contribution in [3.63, 3.8) is 0 Å². The molecule has 0 aliphatic carbocycles. The molecule has 2 aromatic rings. The predicted octanol–water partition coefficient (Wildman–Crippen LogP) is 2.87. The molecule has 0 aliphatic heterocycles. The SMILES string of the molecule is COc1cc(NC(=O)[C@@H](N)Cc2ccccc2)c(OC)cc1Cl. The highest BCUT2D eigenvalue weighted by molar-refractivity contribution is 6.32. The number of ether oxygens (including phenoxy) is 2. The van der Waals surface area contributed by atoms with E-state index in [1.54, 1.807) is 12.1 Å². The summed E-state index contributed by atoms with van der Waals surface area (Å²) in [5.41, 5.74) is 7.44. The van der Waals surface area contributed by atoms with Crippen molar-refractivity contribution in [3.05, 3.63) is 53.1 Å². The van der Waals surface area contributed by atoms with Crippen molar-refractivity contribution >= 4 is 23.2 Å². The summed E-state index contributed by atoms with van der Waals surface area (Å²) in [4.78, 5) is 12.3. The molecule has 0 saturated heterocycles. The minimum Gasteiger partial charge on any atom is -0.495 e. The molecule has 0 radical (unpaired) electrons. The molecular weight excluding hydrogens is 316 g/mol. The minimum atomic E-state index is -0.677. The lowest BCUT2D eigenvalue weighted by Crippen LogP contribution is -2.37. The highest BCUT2D eigenvalue weighted by Crippen LogP contribution is 2.35. The van der Waals surface area contributed by atoms with E-state index in [0.717, 1.165) is 5.56 Å². The van der Waals surface area contributed by atoms with Gasteiger partial charge in [-0.2, -0.15) is 0 Å². The van der Waals surface area contributed by atoms with E-state index in [2.05, 4.69) is 5.32 Å². The lowest BCUT2D eigenvalue weighted by molar-refractivity contribution is -0.117. The zero-order valence-corrected chi connectivity index (χ0v) is 13.8. The molecule has 5 nitrogen and oxygen atoms in total. The Morgan fingerprint density at radius 3 is 2.43 bits per heavy atom. The summed E-state index contributed by atoms with van der Waals surface area (Å²) in [5.74, 6) is 0.576. The molecule has 0 aliphatic rings. The Morgan fingerprint density at radius 1 is 1.17 bits per heavy atom. The second-order valence-corrected chi connectivity index (χ2v) is 5.38. The summed E-state index contributed by atoms with van der Waals surface area (Å²) in [5, 5.41) is 3.15. The van der Waals surface area contributed by atoms with Gasteiger partial charge in [-0.3, -0.25) is 4.79 Å². The highest BCUT2D eigenvalue weighted by atomic mass is 35.5. The molecule has 6 heteroatoms. The number of anilines is 1. The van der Waals surface area contributed by atoms with Crippen molar-refractivity contribution < 1.29 is 14.3 Å². The maximum atomic E-state index is 12.3. The molecule has 0 bridgehead atoms. The molecule has 0 saturated carbocycles. The molecule has 0 fully saturated rings. The number of carbonyl (C=O) groups is 1. The van der Waals surface area contributed by atoms with Gasteiger partial charge in [-0.05, 0) is 12.0 Å². The number of carbonyl (C=O) groups excluding carboxylic acids is 1. The van der Waals surface area contributed by atoms with Gasteiger partial charge >= 0.3 is 0 Å². The van der Waals surface area contributed by atoms with Crippen molar-refractivity contribution in [1.82, 2.24) is 0 Å². The van der Waals surface area contributed by atoms with Gasteiger partial charge in [0.2, 0.25) is 5.91 Å². The van der Waals surface area contributed by atoms with Crippen molar-refractivity contribution in [2.75, 3.05) is 19.5 Å². The van der Waals surface area contributed by atoms with Gasteiger partial charge < -0.3 is 20.5 Å². The normalized spacial score (nSPS) is 11.7. The van der Waals surface area contributed by atoms with E-state index in [9.17, 15) is 4.79 Å². The van der Waals surface area contributed by atoms with Crippen molar-refractivity contribution in [3.8, 4) is 11.5 Å². The molecule has 0 heterocycles. The van der Waals surface area contributed by atoms with Gasteiger partial charge in [0.25, 0.3) is 0 Å². The molecular formula is C17H19ClN2O3. The van der Waals surface area contributed by atoms with Crippen LogP contribution < -0.4 is 20.5 Å². The maximum absolute atomic E-state index is 12.3. The number of amides is 1. The second-order valence-electron chi connectivity index (χ2n) is 4.97. The Labute approximate surface area is 140 Å². The molecule has 2 rings (SSSR count). The zero-order valence-electron chi connectivity index (χ0n) is 13.0. The van der Waals surface area contributed by atoms with Crippen LogP contribution in [0.2, 0.25) is 5.02 Å². The maximum Gasteiger partial charge on any atom is 0.241 e. The van der Waals surface area contributed by atoms with Gasteiger partial charge in [0.1, 0.15) is 11.5 Å². The number of benzene rings is 2. The van der Waals surface area contributed by atoms with E-state index in [1.165, 1.54) is 14.2 Å². The Bertz CT molecular complexity index is 677. The number of halogens is 1. The summed E-state index contributed by atoms with van der Waals surface area (Å²) in [6, 6.07) is 12.1. The fourth-order valence-electron chi connectivity index (χ4n) is 2.14. The van der Waals surface area contributed by atoms with Crippen LogP contribution in [-0.4, -0.2) is 26.2 Å². The van der Waals surface area contributed by atoms with Crippen molar-refractivity contribution in [2.24, 2.45) is 5.73 Å². The summed E-state index contributed by atoms with van der Waals surface area (Å²) >= 11 is 6.04. The van der Waals surface area contributed by atoms with Crippen LogP contribution in [0.3, 0.4) is 0 Å². The number of nitrogens with one attached hydrogen (secondary N) is 1. The summed E-state index contributed by atoms with van der Waals surface area (Å²) < 4.78 is 10.4. The summed E-state index contributed by atoms with van der Waals surface area (Å²) in [7, 11) is 3.00. The fraction of sp³-hybridized carbons (Fsp3) is 0.235. The van der Waals surface area contributed by atoms with Crippen LogP contribution >= 0.6 is 11.6 Å². The van der Waals surface area contributed by atoms with Gasteiger partial charge in [0.15, 0.2) is 0 Å². The van der Waals surface area contributed by atoms with Crippen LogP contribution in [0.25, 0.3) is 0 Å². The molecule has 0 aromatic heterocycles. The minimum absolute atomic E-state index is 0.309. The van der Waals surface area contributed by atoms with Gasteiger partial charge in [-0.1, -0.05) is 41.9 Å². The molecule has 1 atom stereocenters. The highest BCUT2D eigenvalue weighted by Gasteiger charge is 2.17. The lowest BCUT2D eigenvalue weighted by Gasteiger charge is -2.16. The van der Waals surface area contributed by atoms with Crippen LogP contribution in [0, 0.1) is 0 Å². The fourth-order valence-corrected chi connectivity index (χ4v) is 2.38. The van der Waals surface area contributed by atoms with E-state index in [1.807, 2.05) is 30.3 Å². The number of nitrogens with two attached hydrogens (primary N) is 1. The third kappa shape index (κ3) is 4.37. The van der Waals surface area contributed by atoms with Gasteiger partial charge in [-0.25, -0.2) is 0 Å². The third-order valence-corrected chi connectivity index (χ3v) is 3.66. The Hall–Kier alpha value is -2.24. The van der Waals surface area contributed by atoms with Crippen LogP contribution in [-0.2, 0) is 11.2 Å². The van der Waals surface area contributed by atoms with Crippen LogP contribution in [0.15, 0.2) is 42.5 Å². The quantitative estimate of drug-likeness (QED) is 0.852. The molecule has 1 amide bonds. The third-order valence-electron chi connectivity index (χ3n) is 3.37. The largest absolute Gasteiger partial charge is 0.495 e. The first-order chi connectivity index (χ1) is 11.0.